The number of H-pyrrole nitrogens is 1. The van der Waals surface area contributed by atoms with Gasteiger partial charge in [0.1, 0.15) is 0 Å². The smallest absolute Gasteiger partial charge is 0.358 e. The quantitative estimate of drug-likeness (QED) is 0.365. The van der Waals surface area contributed by atoms with Crippen LogP contribution in [0.5, 0.6) is 0 Å². The van der Waals surface area contributed by atoms with Crippen LogP contribution < -0.4 is 11.1 Å². The summed E-state index contributed by atoms with van der Waals surface area (Å²) in [4.78, 5) is 7.59. The lowest BCUT2D eigenvalue weighted by Gasteiger charge is -2.17. The molecule has 0 radical (unpaired) electrons. The first-order valence-electron chi connectivity index (χ1n) is 9.17. The summed E-state index contributed by atoms with van der Waals surface area (Å²) < 4.78 is 69.9. The Morgan fingerprint density at radius 1 is 1.10 bits per heavy atom. The minimum absolute atomic E-state index is 0.612. The van der Waals surface area contributed by atoms with Crippen molar-refractivity contribution in [3.05, 3.63) is 53.3 Å². The number of aromatic nitrogens is 2. The number of pyridine rings is 1. The Morgan fingerprint density at radius 3 is 2.29 bits per heavy atom. The lowest BCUT2D eigenvalue weighted by molar-refractivity contribution is -0.171. The molecule has 0 spiro atoms. The van der Waals surface area contributed by atoms with E-state index in [2.05, 4.69) is 22.2 Å². The van der Waals surface area contributed by atoms with Gasteiger partial charge in [0.15, 0.2) is 5.82 Å². The second-order valence-corrected chi connectivity index (χ2v) is 7.37. The number of hydrogen-bond acceptors (Lipinski definition) is 3. The minimum Gasteiger partial charge on any atom is -0.358 e. The number of nitrogens with one attached hydrogen (secondary N) is 2. The normalized spacial score (nSPS) is 12.1. The number of anilines is 2. The third kappa shape index (κ3) is 8.29. The van der Waals surface area contributed by atoms with Crippen LogP contribution in [0.15, 0.2) is 42.7 Å². The monoisotopic (exact) mass is 466 g/mol. The highest BCUT2D eigenvalue weighted by atomic mass is 35.5. The van der Waals surface area contributed by atoms with Gasteiger partial charge >= 0.3 is 12.4 Å². The van der Waals surface area contributed by atoms with Gasteiger partial charge in [0, 0.05) is 41.3 Å². The molecule has 4 N–H and O–H groups in total. The lowest BCUT2D eigenvalue weighted by atomic mass is 10.0. The number of nitrogens with zero attached hydrogens (tertiary/aromatic N) is 1. The molecule has 0 atom stereocenters. The molecule has 1 aromatic carbocycles. The van der Waals surface area contributed by atoms with Crippen LogP contribution >= 0.6 is 11.6 Å². The first-order chi connectivity index (χ1) is 14.4. The second-order valence-electron chi connectivity index (χ2n) is 6.93. The predicted molar refractivity (Wildman–Crippen MR) is 109 cm³/mol. The molecule has 0 aliphatic rings. The van der Waals surface area contributed by atoms with Crippen LogP contribution in [0.1, 0.15) is 18.4 Å². The zero-order valence-electron chi connectivity index (χ0n) is 16.4. The molecule has 0 saturated heterocycles. The number of hydrogen-bond donors (Lipinski definition) is 3. The zero-order chi connectivity index (χ0) is 23.2. The van der Waals surface area contributed by atoms with Crippen molar-refractivity contribution in [1.82, 2.24) is 9.97 Å². The molecule has 2 heterocycles. The van der Waals surface area contributed by atoms with E-state index in [0.29, 0.717) is 5.02 Å². The lowest BCUT2D eigenvalue weighted by Crippen LogP contribution is -2.27. The van der Waals surface area contributed by atoms with Crippen molar-refractivity contribution in [3.63, 3.8) is 0 Å². The van der Waals surface area contributed by atoms with E-state index in [1.54, 1.807) is 6.20 Å². The average Bonchev–Trinajstić information content (AvgIpc) is 3.02. The molecule has 11 heteroatoms. The Labute approximate surface area is 179 Å². The van der Waals surface area contributed by atoms with Crippen molar-refractivity contribution in [3.8, 4) is 0 Å². The topological polar surface area (TPSA) is 66.7 Å². The van der Waals surface area contributed by atoms with Gasteiger partial charge in [0.25, 0.3) is 0 Å². The number of benzene rings is 1. The van der Waals surface area contributed by atoms with E-state index in [1.807, 2.05) is 36.5 Å². The standard InChI is InChI=1S/C14H12ClN3.C6H9F6N/c1-9-8-17-13-12(9)5-6-16-14(13)18-11-4-2-3-10(15)7-11;7-5(8,9)1-4(3-13)2-6(10,11)12/h2-8,17H,1H3,(H,16,18);4H,1-3,13H2. The number of alkyl halides is 6. The highest BCUT2D eigenvalue weighted by Gasteiger charge is 2.38. The van der Waals surface area contributed by atoms with Gasteiger partial charge in [-0.15, -0.1) is 0 Å². The summed E-state index contributed by atoms with van der Waals surface area (Å²) in [7, 11) is 0. The molecular weight excluding hydrogens is 446 g/mol. The van der Waals surface area contributed by atoms with Gasteiger partial charge in [-0.05, 0) is 49.2 Å². The van der Waals surface area contributed by atoms with Gasteiger partial charge < -0.3 is 16.0 Å². The molecule has 0 aliphatic heterocycles. The molecule has 3 aromatic rings. The molecule has 31 heavy (non-hydrogen) atoms. The van der Waals surface area contributed by atoms with Gasteiger partial charge in [0.2, 0.25) is 0 Å². The Bertz CT molecular complexity index is 968. The van der Waals surface area contributed by atoms with Gasteiger partial charge in [-0.3, -0.25) is 0 Å². The largest absolute Gasteiger partial charge is 0.389 e. The second kappa shape index (κ2) is 10.2. The summed E-state index contributed by atoms with van der Waals surface area (Å²) in [6, 6.07) is 9.59. The highest BCUT2D eigenvalue weighted by Crippen LogP contribution is 2.32. The first kappa shape index (κ1) is 24.8. The van der Waals surface area contributed by atoms with Gasteiger partial charge in [-0.1, -0.05) is 17.7 Å². The van der Waals surface area contributed by atoms with E-state index in [9.17, 15) is 26.3 Å². The Kier molecular flexibility index (Phi) is 8.19. The van der Waals surface area contributed by atoms with Crippen LogP contribution in [0.2, 0.25) is 5.02 Å². The third-order valence-corrected chi connectivity index (χ3v) is 4.50. The molecule has 0 unspecified atom stereocenters. The maximum atomic E-state index is 11.6. The van der Waals surface area contributed by atoms with Crippen LogP contribution in [-0.4, -0.2) is 28.9 Å². The Morgan fingerprint density at radius 2 is 1.74 bits per heavy atom. The van der Waals surface area contributed by atoms with E-state index < -0.39 is 37.7 Å². The molecule has 170 valence electrons. The maximum absolute atomic E-state index is 11.6. The Hall–Kier alpha value is -2.46. The molecule has 0 saturated carbocycles. The van der Waals surface area contributed by atoms with Crippen molar-refractivity contribution in [2.75, 3.05) is 11.9 Å². The fraction of sp³-hybridized carbons (Fsp3) is 0.350. The van der Waals surface area contributed by atoms with E-state index in [-0.39, 0.29) is 0 Å². The number of rotatable bonds is 5. The number of aryl methyl sites for hydroxylation is 1. The van der Waals surface area contributed by atoms with E-state index in [1.165, 1.54) is 10.9 Å². The summed E-state index contributed by atoms with van der Waals surface area (Å²) in [5, 5.41) is 5.15. The molecule has 0 aliphatic carbocycles. The summed E-state index contributed by atoms with van der Waals surface area (Å²) in [5.41, 5.74) is 7.93. The molecule has 0 fully saturated rings. The summed E-state index contributed by atoms with van der Waals surface area (Å²) >= 11 is 5.97. The van der Waals surface area contributed by atoms with Gasteiger partial charge in [-0.2, -0.15) is 26.3 Å². The summed E-state index contributed by atoms with van der Waals surface area (Å²) in [6.45, 7) is 1.46. The van der Waals surface area contributed by atoms with Crippen LogP contribution in [0, 0.1) is 12.8 Å². The Balaban J connectivity index is 0.000000235. The number of halogens is 7. The van der Waals surface area contributed by atoms with Crippen molar-refractivity contribution >= 4 is 34.0 Å². The van der Waals surface area contributed by atoms with Crippen LogP contribution in [0.4, 0.5) is 37.8 Å². The van der Waals surface area contributed by atoms with Crippen LogP contribution in [0.3, 0.4) is 0 Å². The highest BCUT2D eigenvalue weighted by molar-refractivity contribution is 6.30. The number of aromatic amines is 1. The van der Waals surface area contributed by atoms with Gasteiger partial charge in [0.05, 0.1) is 5.52 Å². The summed E-state index contributed by atoms with van der Waals surface area (Å²) in [5.74, 6) is -0.761. The first-order valence-corrected chi connectivity index (χ1v) is 9.54. The van der Waals surface area contributed by atoms with E-state index in [0.717, 1.165) is 17.0 Å². The van der Waals surface area contributed by atoms with Gasteiger partial charge in [-0.25, -0.2) is 4.98 Å². The molecule has 0 amide bonds. The zero-order valence-corrected chi connectivity index (χ0v) is 17.2. The molecule has 3 rings (SSSR count). The minimum atomic E-state index is -4.59. The molecule has 2 aromatic heterocycles. The predicted octanol–water partition coefficient (Wildman–Crippen LogP) is 6.73. The molecular formula is C20H21ClF6N4. The molecule has 0 bridgehead atoms. The SMILES string of the molecule is Cc1c[nH]c2c(Nc3cccc(Cl)c3)nccc12.NCC(CC(F)(F)F)CC(F)(F)F. The summed E-state index contributed by atoms with van der Waals surface area (Å²) in [6.07, 6.45) is -8.36. The van der Waals surface area contributed by atoms with Crippen molar-refractivity contribution in [2.45, 2.75) is 32.1 Å². The maximum Gasteiger partial charge on any atom is 0.389 e. The molecule has 4 nitrogen and oxygen atoms in total. The fourth-order valence-corrected chi connectivity index (χ4v) is 3.08. The van der Waals surface area contributed by atoms with E-state index >= 15 is 0 Å². The van der Waals surface area contributed by atoms with Crippen molar-refractivity contribution in [2.24, 2.45) is 11.7 Å². The number of fused-ring (bicyclic) bond motifs is 1. The van der Waals surface area contributed by atoms with Crippen LogP contribution in [0.25, 0.3) is 10.9 Å². The van der Waals surface area contributed by atoms with Crippen LogP contribution in [-0.2, 0) is 0 Å². The van der Waals surface area contributed by atoms with Crippen molar-refractivity contribution < 1.29 is 26.3 Å². The number of nitrogens with two attached hydrogens (primary N) is 1. The van der Waals surface area contributed by atoms with E-state index in [4.69, 9.17) is 17.3 Å². The average molecular weight is 467 g/mol. The third-order valence-electron chi connectivity index (χ3n) is 4.27. The fourth-order valence-electron chi connectivity index (χ4n) is 2.89. The van der Waals surface area contributed by atoms with Crippen molar-refractivity contribution in [1.29, 1.82) is 0 Å².